The molecule has 1 N–H and O–H groups in total. The normalized spacial score (nSPS) is 12.6. The molecule has 17 heavy (non-hydrogen) atoms. The molecule has 1 heterocycles. The van der Waals surface area contributed by atoms with Gasteiger partial charge in [0, 0.05) is 11.1 Å². The van der Waals surface area contributed by atoms with Crippen LogP contribution in [0.3, 0.4) is 0 Å². The minimum absolute atomic E-state index is 0.127. The highest BCUT2D eigenvalue weighted by Gasteiger charge is 2.15. The summed E-state index contributed by atoms with van der Waals surface area (Å²) >= 11 is 13.6. The fourth-order valence-electron chi connectivity index (χ4n) is 1.65. The van der Waals surface area contributed by atoms with E-state index in [4.69, 9.17) is 23.2 Å². The molecule has 5 heteroatoms. The summed E-state index contributed by atoms with van der Waals surface area (Å²) in [5, 5.41) is 4.58. The van der Waals surface area contributed by atoms with E-state index < -0.39 is 0 Å². The average Bonchev–Trinajstić information content (AvgIpc) is 2.83. The maximum atomic E-state index is 6.05. The fraction of sp³-hybridized carbons (Fsp3) is 0.250. The van der Waals surface area contributed by atoms with Crippen LogP contribution in [0.1, 0.15) is 23.4 Å². The molecule has 2 rings (SSSR count). The molecule has 0 fully saturated rings. The Morgan fingerprint density at radius 2 is 2.18 bits per heavy atom. The van der Waals surface area contributed by atoms with Crippen molar-refractivity contribution in [1.82, 2.24) is 10.3 Å². The number of benzene rings is 1. The van der Waals surface area contributed by atoms with Crippen molar-refractivity contribution < 1.29 is 0 Å². The molecule has 0 bridgehead atoms. The van der Waals surface area contributed by atoms with E-state index in [1.807, 2.05) is 29.9 Å². The first-order chi connectivity index (χ1) is 8.22. The zero-order valence-corrected chi connectivity index (χ0v) is 11.6. The Hall–Kier alpha value is -0.610. The highest BCUT2D eigenvalue weighted by Crippen LogP contribution is 2.30. The van der Waals surface area contributed by atoms with Gasteiger partial charge in [-0.1, -0.05) is 36.2 Å². The number of thiazole rings is 1. The number of halogens is 2. The summed E-state index contributed by atoms with van der Waals surface area (Å²) in [6.07, 6.45) is 1.88. The van der Waals surface area contributed by atoms with Crippen LogP contribution >= 0.6 is 34.5 Å². The number of rotatable bonds is 4. The van der Waals surface area contributed by atoms with Crippen LogP contribution in [0.25, 0.3) is 0 Å². The predicted molar refractivity (Wildman–Crippen MR) is 74.1 cm³/mol. The van der Waals surface area contributed by atoms with Gasteiger partial charge in [-0.05, 0) is 24.2 Å². The van der Waals surface area contributed by atoms with Gasteiger partial charge in [0.15, 0.2) is 0 Å². The molecule has 1 unspecified atom stereocenters. The highest BCUT2D eigenvalue weighted by molar-refractivity contribution is 7.09. The van der Waals surface area contributed by atoms with Crippen molar-refractivity contribution in [3.05, 3.63) is 50.4 Å². The maximum absolute atomic E-state index is 6.05. The molecule has 0 radical (unpaired) electrons. The zero-order valence-electron chi connectivity index (χ0n) is 9.28. The van der Waals surface area contributed by atoms with Crippen LogP contribution in [0.4, 0.5) is 0 Å². The zero-order chi connectivity index (χ0) is 12.3. The van der Waals surface area contributed by atoms with Gasteiger partial charge in [0.2, 0.25) is 0 Å². The SMILES string of the molecule is CCNC(c1ccc(Cl)c(Cl)c1)c1cncs1. The third-order valence-electron chi connectivity index (χ3n) is 2.42. The predicted octanol–water partition coefficient (Wildman–Crippen LogP) is 4.15. The fourth-order valence-corrected chi connectivity index (χ4v) is 2.67. The molecule has 0 spiro atoms. The summed E-state index contributed by atoms with van der Waals surface area (Å²) < 4.78 is 0. The first-order valence-electron chi connectivity index (χ1n) is 5.29. The number of nitrogens with zero attached hydrogens (tertiary/aromatic N) is 1. The monoisotopic (exact) mass is 286 g/mol. The van der Waals surface area contributed by atoms with Crippen LogP contribution in [0.2, 0.25) is 10.0 Å². The number of aromatic nitrogens is 1. The summed E-state index contributed by atoms with van der Waals surface area (Å²) in [7, 11) is 0. The number of hydrogen-bond acceptors (Lipinski definition) is 3. The van der Waals surface area contributed by atoms with Gasteiger partial charge in [-0.3, -0.25) is 4.98 Å². The highest BCUT2D eigenvalue weighted by atomic mass is 35.5. The lowest BCUT2D eigenvalue weighted by molar-refractivity contribution is 0.639. The average molecular weight is 287 g/mol. The molecular formula is C12H12Cl2N2S. The van der Waals surface area contributed by atoms with Crippen LogP contribution < -0.4 is 5.32 Å². The van der Waals surface area contributed by atoms with Crippen molar-refractivity contribution in [3.63, 3.8) is 0 Å². The van der Waals surface area contributed by atoms with Crippen molar-refractivity contribution >= 4 is 34.5 Å². The van der Waals surface area contributed by atoms with E-state index in [9.17, 15) is 0 Å². The number of nitrogens with one attached hydrogen (secondary N) is 1. The lowest BCUT2D eigenvalue weighted by atomic mass is 10.1. The lowest BCUT2D eigenvalue weighted by Gasteiger charge is -2.17. The molecule has 0 aliphatic heterocycles. The van der Waals surface area contributed by atoms with Gasteiger partial charge >= 0.3 is 0 Å². The van der Waals surface area contributed by atoms with E-state index in [-0.39, 0.29) is 6.04 Å². The van der Waals surface area contributed by atoms with Crippen LogP contribution in [0.15, 0.2) is 29.9 Å². The quantitative estimate of drug-likeness (QED) is 0.913. The van der Waals surface area contributed by atoms with Crippen LogP contribution in [-0.4, -0.2) is 11.5 Å². The molecule has 0 aliphatic carbocycles. The second-order valence-corrected chi connectivity index (χ2v) is 5.30. The van der Waals surface area contributed by atoms with E-state index in [2.05, 4.69) is 17.2 Å². The molecule has 1 aromatic heterocycles. The van der Waals surface area contributed by atoms with Crippen LogP contribution in [0.5, 0.6) is 0 Å². The van der Waals surface area contributed by atoms with Crippen molar-refractivity contribution in [2.75, 3.05) is 6.54 Å². The third kappa shape index (κ3) is 2.99. The smallest absolute Gasteiger partial charge is 0.0794 e. The van der Waals surface area contributed by atoms with Gasteiger partial charge < -0.3 is 5.32 Å². The van der Waals surface area contributed by atoms with Crippen LogP contribution in [0, 0.1) is 0 Å². The van der Waals surface area contributed by atoms with E-state index >= 15 is 0 Å². The first-order valence-corrected chi connectivity index (χ1v) is 6.92. The standard InChI is InChI=1S/C12H12Cl2N2S/c1-2-16-12(11-6-15-7-17-11)8-3-4-9(13)10(14)5-8/h3-7,12,16H,2H2,1H3. The summed E-state index contributed by atoms with van der Waals surface area (Å²) in [4.78, 5) is 5.28. The molecule has 1 atom stereocenters. The minimum atomic E-state index is 0.127. The number of hydrogen-bond donors (Lipinski definition) is 1. The Bertz CT molecular complexity index is 485. The maximum Gasteiger partial charge on any atom is 0.0794 e. The van der Waals surface area contributed by atoms with Crippen molar-refractivity contribution in [2.45, 2.75) is 13.0 Å². The minimum Gasteiger partial charge on any atom is -0.306 e. The molecular weight excluding hydrogens is 275 g/mol. The van der Waals surface area contributed by atoms with E-state index in [0.29, 0.717) is 10.0 Å². The van der Waals surface area contributed by atoms with E-state index in [1.165, 1.54) is 4.88 Å². The molecule has 2 aromatic rings. The van der Waals surface area contributed by atoms with Crippen molar-refractivity contribution in [1.29, 1.82) is 0 Å². The first kappa shape index (κ1) is 12.8. The Kier molecular flexibility index (Phi) is 4.40. The van der Waals surface area contributed by atoms with Crippen molar-refractivity contribution in [3.8, 4) is 0 Å². The lowest BCUT2D eigenvalue weighted by Crippen LogP contribution is -2.21. The second-order valence-electron chi connectivity index (χ2n) is 3.57. The summed E-state index contributed by atoms with van der Waals surface area (Å²) in [6.45, 7) is 2.95. The van der Waals surface area contributed by atoms with Crippen LogP contribution in [-0.2, 0) is 0 Å². The van der Waals surface area contributed by atoms with Gasteiger partial charge in [-0.15, -0.1) is 11.3 Å². The summed E-state index contributed by atoms with van der Waals surface area (Å²) in [5.74, 6) is 0. The molecule has 1 aromatic carbocycles. The Labute approximate surface area is 115 Å². The molecule has 0 saturated heterocycles. The summed E-state index contributed by atoms with van der Waals surface area (Å²) in [6, 6.07) is 5.84. The van der Waals surface area contributed by atoms with Gasteiger partial charge in [0.1, 0.15) is 0 Å². The van der Waals surface area contributed by atoms with Crippen molar-refractivity contribution in [2.24, 2.45) is 0 Å². The third-order valence-corrected chi connectivity index (χ3v) is 4.00. The van der Waals surface area contributed by atoms with Gasteiger partial charge in [-0.25, -0.2) is 0 Å². The van der Waals surface area contributed by atoms with E-state index in [0.717, 1.165) is 12.1 Å². The van der Waals surface area contributed by atoms with Gasteiger partial charge in [0.25, 0.3) is 0 Å². The second kappa shape index (κ2) is 5.83. The Morgan fingerprint density at radius 3 is 2.76 bits per heavy atom. The Morgan fingerprint density at radius 1 is 1.35 bits per heavy atom. The largest absolute Gasteiger partial charge is 0.306 e. The summed E-state index contributed by atoms with van der Waals surface area (Å²) in [5.41, 5.74) is 2.93. The van der Waals surface area contributed by atoms with E-state index in [1.54, 1.807) is 11.3 Å². The Balaban J connectivity index is 2.35. The molecule has 90 valence electrons. The topological polar surface area (TPSA) is 24.9 Å². The van der Waals surface area contributed by atoms with Gasteiger partial charge in [0.05, 0.1) is 21.6 Å². The molecule has 0 amide bonds. The molecule has 0 aliphatic rings. The molecule has 0 saturated carbocycles. The molecule has 2 nitrogen and oxygen atoms in total. The van der Waals surface area contributed by atoms with Gasteiger partial charge in [-0.2, -0.15) is 0 Å².